The van der Waals surface area contributed by atoms with Crippen LogP contribution in [0.2, 0.25) is 0 Å². The van der Waals surface area contributed by atoms with E-state index in [2.05, 4.69) is 27.3 Å². The average molecular weight is 534 g/mol. The van der Waals surface area contributed by atoms with E-state index in [0.29, 0.717) is 41.4 Å². The molecule has 1 saturated heterocycles. The molecule has 0 bridgehead atoms. The van der Waals surface area contributed by atoms with Crippen molar-refractivity contribution < 1.29 is 13.9 Å². The number of nitrogens with zero attached hydrogens (tertiary/aromatic N) is 8. The molecule has 0 saturated carbocycles. The lowest BCUT2D eigenvalue weighted by molar-refractivity contribution is 0.0742. The molecule has 1 atom stereocenters. The number of pyridine rings is 2. The second kappa shape index (κ2) is 13.8. The lowest BCUT2D eigenvalue weighted by atomic mass is 10.0. The van der Waals surface area contributed by atoms with E-state index in [0.717, 1.165) is 19.0 Å². The summed E-state index contributed by atoms with van der Waals surface area (Å²) in [5, 5.41) is 22.7. The third-order valence-electron chi connectivity index (χ3n) is 6.08. The van der Waals surface area contributed by atoms with Crippen LogP contribution in [0.3, 0.4) is 0 Å². The predicted octanol–water partition coefficient (Wildman–Crippen LogP) is 3.60. The van der Waals surface area contributed by atoms with Gasteiger partial charge < -0.3 is 20.2 Å². The van der Waals surface area contributed by atoms with Gasteiger partial charge in [-0.05, 0) is 38.0 Å². The monoisotopic (exact) mass is 533 g/mol. The second-order valence-electron chi connectivity index (χ2n) is 8.50. The van der Waals surface area contributed by atoms with Crippen LogP contribution < -0.4 is 10.6 Å². The Labute approximate surface area is 227 Å². The Bertz CT molecular complexity index is 1400. The van der Waals surface area contributed by atoms with E-state index < -0.39 is 11.9 Å². The minimum absolute atomic E-state index is 0.0491. The van der Waals surface area contributed by atoms with Gasteiger partial charge in [-0.3, -0.25) is 14.4 Å². The van der Waals surface area contributed by atoms with Crippen LogP contribution in [0.5, 0.6) is 5.88 Å². The topological polar surface area (TPSA) is 150 Å². The number of nitrogens with two attached hydrogens (primary N) is 1. The first-order valence-electron chi connectivity index (χ1n) is 12.6. The van der Waals surface area contributed by atoms with Crippen molar-refractivity contribution in [3.63, 3.8) is 0 Å². The normalized spacial score (nSPS) is 15.2. The fourth-order valence-electron chi connectivity index (χ4n) is 4.24. The molecule has 1 fully saturated rings. The molecule has 0 spiro atoms. The van der Waals surface area contributed by atoms with E-state index in [1.165, 1.54) is 25.4 Å². The van der Waals surface area contributed by atoms with E-state index in [1.54, 1.807) is 21.4 Å². The number of hydrazone groups is 1. The van der Waals surface area contributed by atoms with E-state index in [4.69, 9.17) is 25.6 Å². The number of fused-ring (bicyclic) bond motifs is 1. The van der Waals surface area contributed by atoms with Crippen LogP contribution in [0.15, 0.2) is 46.8 Å². The Balaban J connectivity index is 0.00000205. The van der Waals surface area contributed by atoms with Crippen molar-refractivity contribution in [2.24, 2.45) is 15.9 Å². The molecule has 0 amide bonds. The van der Waals surface area contributed by atoms with Gasteiger partial charge in [0.1, 0.15) is 28.9 Å². The molecule has 0 radical (unpaired) electrons. The summed E-state index contributed by atoms with van der Waals surface area (Å²) in [4.78, 5) is 15.0. The summed E-state index contributed by atoms with van der Waals surface area (Å²) < 4.78 is 26.6. The summed E-state index contributed by atoms with van der Waals surface area (Å²) in [5.41, 5.74) is 2.84. The number of piperidine rings is 1. The number of aromatic nitrogens is 3. The molecule has 39 heavy (non-hydrogen) atoms. The van der Waals surface area contributed by atoms with Gasteiger partial charge >= 0.3 is 0 Å². The molecule has 0 aromatic carbocycles. The van der Waals surface area contributed by atoms with Crippen LogP contribution in [0.1, 0.15) is 56.7 Å². The van der Waals surface area contributed by atoms with E-state index in [-0.39, 0.29) is 24.2 Å². The zero-order chi connectivity index (χ0) is 28.4. The zero-order valence-electron chi connectivity index (χ0n) is 22.5. The molecule has 1 unspecified atom stereocenters. The third kappa shape index (κ3) is 6.86. The van der Waals surface area contributed by atoms with Crippen LogP contribution in [-0.4, -0.2) is 63.5 Å². The van der Waals surface area contributed by atoms with Gasteiger partial charge in [0.2, 0.25) is 5.88 Å². The first-order chi connectivity index (χ1) is 19.0. The van der Waals surface area contributed by atoms with Crippen molar-refractivity contribution in [3.05, 3.63) is 59.4 Å². The van der Waals surface area contributed by atoms with Gasteiger partial charge in [-0.2, -0.15) is 15.6 Å². The predicted molar refractivity (Wildman–Crippen MR) is 145 cm³/mol. The summed E-state index contributed by atoms with van der Waals surface area (Å²) in [6, 6.07) is 8.41. The SMILES string of the molecule is CC.COCC(Oc1cc(/C(=N/N)C(C)=NC2CCN(C#N)CC2)cc2ncc(C#N)n12)c1ccc(F)cn1. The minimum Gasteiger partial charge on any atom is -0.466 e. The first-order valence-corrected chi connectivity index (χ1v) is 12.6. The van der Waals surface area contributed by atoms with E-state index in [9.17, 15) is 9.65 Å². The van der Waals surface area contributed by atoms with Crippen molar-refractivity contribution >= 4 is 17.1 Å². The second-order valence-corrected chi connectivity index (χ2v) is 8.50. The first kappa shape index (κ1) is 29.0. The largest absolute Gasteiger partial charge is 0.466 e. The quantitative estimate of drug-likeness (QED) is 0.200. The molecule has 3 aromatic heterocycles. The molecular weight excluding hydrogens is 501 g/mol. The molecule has 204 valence electrons. The molecule has 1 aliphatic rings. The number of aliphatic imine (C=N–C) groups is 1. The van der Waals surface area contributed by atoms with Gasteiger partial charge in [0.15, 0.2) is 12.3 Å². The zero-order valence-corrected chi connectivity index (χ0v) is 22.5. The maximum Gasteiger partial charge on any atom is 0.201 e. The summed E-state index contributed by atoms with van der Waals surface area (Å²) in [7, 11) is 1.52. The van der Waals surface area contributed by atoms with Gasteiger partial charge in [0.25, 0.3) is 0 Å². The number of hydrogen-bond donors (Lipinski definition) is 1. The minimum atomic E-state index is -0.698. The van der Waals surface area contributed by atoms with Crippen LogP contribution in [0.25, 0.3) is 5.65 Å². The number of imidazole rings is 1. The average Bonchev–Trinajstić information content (AvgIpc) is 3.38. The highest BCUT2D eigenvalue weighted by Crippen LogP contribution is 2.26. The van der Waals surface area contributed by atoms with Crippen LogP contribution in [0, 0.1) is 28.6 Å². The Hall–Kier alpha value is -4.55. The lowest BCUT2D eigenvalue weighted by Crippen LogP contribution is -2.32. The lowest BCUT2D eigenvalue weighted by Gasteiger charge is -2.26. The van der Waals surface area contributed by atoms with Crippen LogP contribution in [0.4, 0.5) is 4.39 Å². The molecule has 1 aliphatic heterocycles. The van der Waals surface area contributed by atoms with Gasteiger partial charge in [0.05, 0.1) is 36.4 Å². The smallest absolute Gasteiger partial charge is 0.201 e. The van der Waals surface area contributed by atoms with Crippen molar-refractivity contribution in [2.75, 3.05) is 26.8 Å². The fraction of sp³-hybridized carbons (Fsp3) is 0.407. The Morgan fingerprint density at radius 1 is 1.21 bits per heavy atom. The molecular formula is C27H32FN9O2. The molecule has 4 rings (SSSR count). The van der Waals surface area contributed by atoms with Gasteiger partial charge in [-0.1, -0.05) is 13.8 Å². The van der Waals surface area contributed by atoms with E-state index in [1.807, 2.05) is 20.8 Å². The molecule has 12 heteroatoms. The number of rotatable bonds is 8. The molecule has 11 nitrogen and oxygen atoms in total. The summed E-state index contributed by atoms with van der Waals surface area (Å²) in [5.74, 6) is 5.62. The summed E-state index contributed by atoms with van der Waals surface area (Å²) >= 11 is 0. The third-order valence-corrected chi connectivity index (χ3v) is 6.08. The van der Waals surface area contributed by atoms with Gasteiger partial charge in [-0.15, -0.1) is 0 Å². The Kier molecular flexibility index (Phi) is 10.3. The van der Waals surface area contributed by atoms with Gasteiger partial charge in [-0.25, -0.2) is 9.37 Å². The standard InChI is InChI=1S/C25H26FN9O2.C2H6/c1-16(32-19-5-7-34(15-28)8-6-19)25(33-29)17-9-23-31-13-20(11-27)35(23)24(10-17)37-22(14-36-2)21-4-3-18(26)12-30-21;1-2/h3-4,9-10,12-13,19,22H,5-8,14,29H2,1-2H3;1-2H3/b32-16?,33-25+;. The van der Waals surface area contributed by atoms with Crippen molar-refractivity contribution in [1.29, 1.82) is 10.5 Å². The maximum absolute atomic E-state index is 13.5. The number of nitriles is 2. The summed E-state index contributed by atoms with van der Waals surface area (Å²) in [6.45, 7) is 7.26. The molecule has 2 N–H and O–H groups in total. The van der Waals surface area contributed by atoms with Crippen molar-refractivity contribution in [1.82, 2.24) is 19.3 Å². The van der Waals surface area contributed by atoms with Crippen molar-refractivity contribution in [2.45, 2.75) is 45.8 Å². The molecule has 3 aromatic rings. The van der Waals surface area contributed by atoms with Gasteiger partial charge in [0, 0.05) is 31.8 Å². The van der Waals surface area contributed by atoms with Crippen LogP contribution >= 0.6 is 0 Å². The highest BCUT2D eigenvalue weighted by Gasteiger charge is 2.22. The summed E-state index contributed by atoms with van der Waals surface area (Å²) in [6.07, 6.45) is 5.53. The van der Waals surface area contributed by atoms with Crippen LogP contribution in [-0.2, 0) is 4.74 Å². The highest BCUT2D eigenvalue weighted by atomic mass is 19.1. The number of likely N-dealkylation sites (tertiary alicyclic amines) is 1. The fourth-order valence-corrected chi connectivity index (χ4v) is 4.24. The Morgan fingerprint density at radius 3 is 2.54 bits per heavy atom. The Morgan fingerprint density at radius 2 is 1.95 bits per heavy atom. The molecule has 0 aliphatic carbocycles. The number of ether oxygens (including phenoxy) is 2. The number of methoxy groups -OCH3 is 1. The van der Waals surface area contributed by atoms with Crippen molar-refractivity contribution in [3.8, 4) is 18.1 Å². The number of halogens is 1. The maximum atomic E-state index is 13.5. The highest BCUT2D eigenvalue weighted by molar-refractivity contribution is 6.47. The molecule has 4 heterocycles. The van der Waals surface area contributed by atoms with E-state index >= 15 is 0 Å². The number of hydrogen-bond acceptors (Lipinski definition) is 10.